The van der Waals surface area contributed by atoms with E-state index in [1.807, 2.05) is 44.1 Å². The van der Waals surface area contributed by atoms with E-state index in [2.05, 4.69) is 15.3 Å². The molecule has 3 aliphatic heterocycles. The van der Waals surface area contributed by atoms with E-state index < -0.39 is 108 Å². The van der Waals surface area contributed by atoms with Crippen LogP contribution < -0.4 is 5.32 Å². The van der Waals surface area contributed by atoms with E-state index >= 15 is 0 Å². The summed E-state index contributed by atoms with van der Waals surface area (Å²) < 4.78 is 37.7. The zero-order valence-corrected chi connectivity index (χ0v) is 40.7. The first kappa shape index (κ1) is 53.6. The summed E-state index contributed by atoms with van der Waals surface area (Å²) in [5.74, 6) is -6.00. The summed E-state index contributed by atoms with van der Waals surface area (Å²) in [5, 5.41) is 62.1. The summed E-state index contributed by atoms with van der Waals surface area (Å²) in [6, 6.07) is 5.22. The molecule has 8 unspecified atom stereocenters. The van der Waals surface area contributed by atoms with Crippen LogP contribution in [0.5, 0.6) is 0 Å². The molecule has 2 aromatic heterocycles. The molecule has 18 atom stereocenters. The number of Topliss-reactive ketones (excluding diaryl/α,β-unsaturated/α-hetero) is 1. The van der Waals surface area contributed by atoms with Crippen molar-refractivity contribution in [3.8, 4) is 11.3 Å². The maximum Gasteiger partial charge on any atom is 0.311 e. The Balaban J connectivity index is 1.50. The van der Waals surface area contributed by atoms with E-state index in [1.165, 1.54) is 27.9 Å². The van der Waals surface area contributed by atoms with E-state index in [0.29, 0.717) is 12.0 Å². The number of rotatable bonds is 12. The molecular weight excluding hydrogens is 857 g/mol. The van der Waals surface area contributed by atoms with Crippen molar-refractivity contribution in [2.24, 2.45) is 23.7 Å². The molecule has 0 spiro atoms. The lowest BCUT2D eigenvalue weighted by Gasteiger charge is -2.49. The Morgan fingerprint density at radius 1 is 0.970 bits per heavy atom. The van der Waals surface area contributed by atoms with Gasteiger partial charge in [0, 0.05) is 80.1 Å². The lowest BCUT2D eigenvalue weighted by Crippen LogP contribution is -2.61. The summed E-state index contributed by atoms with van der Waals surface area (Å²) in [4.78, 5) is 51.4. The SMILES string of the molecule is COC1(C)CC(O[C@H]2[C@H](C)[C@@H](OC3OC(C)CC(N(C)C)C3O)[C@](C)(O)C[C@@H](C)C(=O)[C@H](C)[C@@H](O)[C@](C)(O)[C@@H](CCNC(=O)Cc3cncc(-c4ccc[nH]4)c3)OC(=O)[C@@H]2C)OC(C)C1O. The minimum atomic E-state index is -2.23. The average Bonchev–Trinajstić information content (AvgIpc) is 3.81. The van der Waals surface area contributed by atoms with E-state index in [0.717, 1.165) is 11.3 Å². The van der Waals surface area contributed by atoms with Crippen molar-refractivity contribution in [1.82, 2.24) is 20.2 Å². The predicted octanol–water partition coefficient (Wildman–Crippen LogP) is 2.51. The molecule has 0 radical (unpaired) electrons. The second kappa shape index (κ2) is 21.9. The molecule has 3 aliphatic rings. The van der Waals surface area contributed by atoms with Crippen LogP contribution in [-0.4, -0.2) is 170 Å². The van der Waals surface area contributed by atoms with Crippen LogP contribution in [0.4, 0.5) is 0 Å². The van der Waals surface area contributed by atoms with Gasteiger partial charge in [-0.3, -0.25) is 19.4 Å². The van der Waals surface area contributed by atoms with Crippen LogP contribution in [0.3, 0.4) is 0 Å². The van der Waals surface area contributed by atoms with Gasteiger partial charge in [-0.15, -0.1) is 0 Å². The zero-order chi connectivity index (χ0) is 49.1. The third-order valence-electron chi connectivity index (χ3n) is 14.2. The number of hydrogen-bond donors (Lipinski definition) is 7. The first-order valence-electron chi connectivity index (χ1n) is 23.2. The first-order chi connectivity index (χ1) is 30.8. The Labute approximate surface area is 389 Å². The normalized spacial score (nSPS) is 41.0. The van der Waals surface area contributed by atoms with Gasteiger partial charge in [-0.25, -0.2) is 0 Å². The Kier molecular flexibility index (Phi) is 17.8. The Morgan fingerprint density at radius 2 is 1.67 bits per heavy atom. The number of ether oxygens (including phenoxy) is 6. The van der Waals surface area contributed by atoms with Crippen molar-refractivity contribution in [2.75, 3.05) is 27.7 Å². The molecule has 18 heteroatoms. The highest BCUT2D eigenvalue weighted by Crippen LogP contribution is 2.41. The van der Waals surface area contributed by atoms with Crippen molar-refractivity contribution in [3.05, 3.63) is 42.4 Å². The molecule has 18 nitrogen and oxygen atoms in total. The summed E-state index contributed by atoms with van der Waals surface area (Å²) in [7, 11) is 5.13. The van der Waals surface area contributed by atoms with E-state index in [-0.39, 0.29) is 50.3 Å². The van der Waals surface area contributed by atoms with E-state index in [9.17, 15) is 39.9 Å². The highest BCUT2D eigenvalue weighted by Gasteiger charge is 2.53. The van der Waals surface area contributed by atoms with Crippen LogP contribution in [0.15, 0.2) is 36.8 Å². The van der Waals surface area contributed by atoms with Crippen molar-refractivity contribution in [3.63, 3.8) is 0 Å². The Bertz CT molecular complexity index is 1910. The van der Waals surface area contributed by atoms with E-state index in [4.69, 9.17) is 28.4 Å². The van der Waals surface area contributed by atoms with Gasteiger partial charge in [0.1, 0.15) is 29.7 Å². The predicted molar refractivity (Wildman–Crippen MR) is 241 cm³/mol. The molecular formula is C48H76N4O14. The number of amides is 1. The maximum absolute atomic E-state index is 14.7. The molecule has 0 bridgehead atoms. The van der Waals surface area contributed by atoms with Crippen molar-refractivity contribution in [2.45, 2.75) is 179 Å². The minimum Gasteiger partial charge on any atom is -0.459 e. The molecule has 2 aromatic rings. The second-order valence-corrected chi connectivity index (χ2v) is 20.0. The van der Waals surface area contributed by atoms with Gasteiger partial charge in [-0.05, 0) is 92.2 Å². The number of likely N-dealkylation sites (N-methyl/N-ethyl adjacent to an activating group) is 1. The third-order valence-corrected chi connectivity index (χ3v) is 14.2. The molecule has 0 aromatic carbocycles. The van der Waals surface area contributed by atoms with Gasteiger partial charge in [-0.1, -0.05) is 20.8 Å². The second-order valence-electron chi connectivity index (χ2n) is 20.0. The fraction of sp³-hybridized carbons (Fsp3) is 0.750. The lowest BCUT2D eigenvalue weighted by atomic mass is 9.74. The molecule has 3 fully saturated rings. The number of cyclic esters (lactones) is 1. The van der Waals surface area contributed by atoms with E-state index in [1.54, 1.807) is 53.2 Å². The Hall–Kier alpha value is -3.40. The third kappa shape index (κ3) is 12.2. The van der Waals surface area contributed by atoms with Gasteiger partial charge in [0.05, 0.1) is 54.1 Å². The molecule has 5 heterocycles. The monoisotopic (exact) mass is 933 g/mol. The number of pyridine rings is 1. The standard InChI is InChI=1S/C48H76N4O14/c1-25-21-46(7,59)43(66-45-39(55)34(52(10)11)18-26(2)62-45)28(4)40(65-37-22-47(8,61-12)42(57)30(6)63-37)29(5)44(58)64-35(48(9,60)41(56)27(3)38(25)54)15-17-51-36(53)20-31-19-32(24-49-23-31)33-14-13-16-50-33/h13-14,16,19,23-30,34-35,37,39-43,45,50,55-57,59-60H,15,17-18,20-22H2,1-12H3,(H,51,53)/t25-,26?,27+,28+,29-,30?,34?,35-,37?,39?,40+,41-,42?,43-,45?,46-,47?,48-/m1/s1. The molecule has 372 valence electrons. The summed E-state index contributed by atoms with van der Waals surface area (Å²) in [6.45, 7) is 14.3. The first-order valence-corrected chi connectivity index (χ1v) is 23.2. The van der Waals surface area contributed by atoms with Crippen molar-refractivity contribution < 1.29 is 68.3 Å². The number of carbonyl (C=O) groups is 3. The largest absolute Gasteiger partial charge is 0.459 e. The number of methoxy groups -OCH3 is 1. The summed E-state index contributed by atoms with van der Waals surface area (Å²) in [6.07, 6.45) is -6.13. The van der Waals surface area contributed by atoms with Crippen LogP contribution in [0.25, 0.3) is 11.3 Å². The number of aliphatic hydroxyl groups is 5. The quantitative estimate of drug-likeness (QED) is 0.151. The number of nitrogens with one attached hydrogen (secondary N) is 2. The number of hydrogen-bond acceptors (Lipinski definition) is 16. The number of H-pyrrole nitrogens is 1. The fourth-order valence-electron chi connectivity index (χ4n) is 10.1. The smallest absolute Gasteiger partial charge is 0.311 e. The van der Waals surface area contributed by atoms with Gasteiger partial charge in [0.25, 0.3) is 0 Å². The van der Waals surface area contributed by atoms with Crippen LogP contribution in [0, 0.1) is 23.7 Å². The number of ketones is 1. The highest BCUT2D eigenvalue weighted by molar-refractivity contribution is 5.83. The number of nitrogens with zero attached hydrogens (tertiary/aromatic N) is 2. The van der Waals surface area contributed by atoms with Crippen LogP contribution in [0.2, 0.25) is 0 Å². The van der Waals surface area contributed by atoms with Crippen LogP contribution in [-0.2, 0) is 49.2 Å². The zero-order valence-electron chi connectivity index (χ0n) is 40.7. The van der Waals surface area contributed by atoms with Crippen molar-refractivity contribution >= 4 is 17.7 Å². The number of aromatic nitrogens is 2. The van der Waals surface area contributed by atoms with Gasteiger partial charge in [0.2, 0.25) is 5.91 Å². The lowest BCUT2D eigenvalue weighted by molar-refractivity contribution is -0.318. The average molecular weight is 933 g/mol. The Morgan fingerprint density at radius 3 is 2.30 bits per heavy atom. The van der Waals surface area contributed by atoms with Gasteiger partial charge >= 0.3 is 5.97 Å². The molecule has 0 aliphatic carbocycles. The van der Waals surface area contributed by atoms with Gasteiger partial charge in [0.15, 0.2) is 12.6 Å². The van der Waals surface area contributed by atoms with Gasteiger partial charge < -0.3 is 69.2 Å². The highest BCUT2D eigenvalue weighted by atomic mass is 16.7. The molecule has 5 rings (SSSR count). The number of esters is 1. The van der Waals surface area contributed by atoms with Crippen molar-refractivity contribution in [1.29, 1.82) is 0 Å². The summed E-state index contributed by atoms with van der Waals surface area (Å²) in [5.41, 5.74) is -2.92. The van der Waals surface area contributed by atoms with Crippen LogP contribution in [0.1, 0.15) is 93.6 Å². The molecule has 0 saturated carbocycles. The number of aliphatic hydroxyl groups excluding tert-OH is 3. The van der Waals surface area contributed by atoms with Gasteiger partial charge in [-0.2, -0.15) is 0 Å². The molecule has 7 N–H and O–H groups in total. The molecule has 3 saturated heterocycles. The fourth-order valence-corrected chi connectivity index (χ4v) is 10.1. The number of aromatic amines is 1. The minimum absolute atomic E-state index is 0.0198. The maximum atomic E-state index is 14.7. The number of carbonyl (C=O) groups excluding carboxylic acids is 3. The summed E-state index contributed by atoms with van der Waals surface area (Å²) >= 11 is 0. The topological polar surface area (TPSA) is 252 Å². The van der Waals surface area contributed by atoms with Crippen LogP contribution >= 0.6 is 0 Å². The molecule has 66 heavy (non-hydrogen) atoms. The molecule has 1 amide bonds.